The van der Waals surface area contributed by atoms with Crippen molar-refractivity contribution in [3.05, 3.63) is 59.2 Å². The van der Waals surface area contributed by atoms with Crippen LogP contribution < -0.4 is 0 Å². The fourth-order valence-electron chi connectivity index (χ4n) is 2.46. The number of phenols is 2. The van der Waals surface area contributed by atoms with E-state index < -0.39 is 0 Å². The lowest BCUT2D eigenvalue weighted by atomic mass is 10.1. The molecule has 3 rings (SSSR count). The summed E-state index contributed by atoms with van der Waals surface area (Å²) in [5.41, 5.74) is 3.72. The molecule has 0 aliphatic heterocycles. The number of hydrogen-bond acceptors (Lipinski definition) is 5. The molecular weight excluding hydrogens is 290 g/mol. The Labute approximate surface area is 134 Å². The molecule has 0 bridgehead atoms. The van der Waals surface area contributed by atoms with Crippen molar-refractivity contribution < 1.29 is 10.2 Å². The smallest absolute Gasteiger partial charge is 0.174 e. The molecule has 0 aliphatic carbocycles. The number of rotatable bonds is 3. The van der Waals surface area contributed by atoms with Crippen molar-refractivity contribution in [2.45, 2.75) is 20.4 Å². The van der Waals surface area contributed by atoms with E-state index >= 15 is 0 Å². The number of aromatic hydroxyl groups is 2. The first kappa shape index (κ1) is 15.0. The van der Waals surface area contributed by atoms with Crippen molar-refractivity contribution in [3.63, 3.8) is 0 Å². The minimum Gasteiger partial charge on any atom is -0.508 e. The van der Waals surface area contributed by atoms with Crippen LogP contribution in [-0.2, 0) is 6.54 Å². The van der Waals surface area contributed by atoms with Crippen molar-refractivity contribution in [1.82, 2.24) is 4.98 Å². The van der Waals surface area contributed by atoms with Crippen LogP contribution in [0.1, 0.15) is 16.7 Å². The number of nitrogens with zero attached hydrogens (tertiary/aromatic N) is 3. The van der Waals surface area contributed by atoms with Crippen molar-refractivity contribution in [1.29, 1.82) is 0 Å². The van der Waals surface area contributed by atoms with E-state index in [0.29, 0.717) is 11.4 Å². The van der Waals surface area contributed by atoms with Gasteiger partial charge in [-0.2, -0.15) is 5.11 Å². The lowest BCUT2D eigenvalue weighted by Crippen LogP contribution is -1.87. The molecule has 5 nitrogen and oxygen atoms in total. The van der Waals surface area contributed by atoms with E-state index in [0.717, 1.165) is 22.0 Å². The first-order chi connectivity index (χ1) is 11.0. The Morgan fingerprint density at radius 3 is 2.61 bits per heavy atom. The Balaban J connectivity index is 1.88. The summed E-state index contributed by atoms with van der Waals surface area (Å²) < 4.78 is 0. The SMILES string of the molecule is Cc1cc(N=NCc2ccc(O)cc2O)nc2c(C)cccc12. The van der Waals surface area contributed by atoms with Crippen molar-refractivity contribution in [3.8, 4) is 11.5 Å². The van der Waals surface area contributed by atoms with Crippen LogP contribution in [0.5, 0.6) is 11.5 Å². The highest BCUT2D eigenvalue weighted by Crippen LogP contribution is 2.26. The van der Waals surface area contributed by atoms with Gasteiger partial charge in [0.15, 0.2) is 5.82 Å². The third-order valence-corrected chi connectivity index (χ3v) is 3.72. The highest BCUT2D eigenvalue weighted by Gasteiger charge is 2.05. The van der Waals surface area contributed by atoms with Gasteiger partial charge in [0.1, 0.15) is 11.5 Å². The molecule has 2 aromatic carbocycles. The molecule has 1 heterocycles. The normalized spacial score (nSPS) is 11.4. The number of pyridine rings is 1. The Bertz CT molecular complexity index is 904. The molecule has 0 atom stereocenters. The fourth-order valence-corrected chi connectivity index (χ4v) is 2.46. The number of azo groups is 1. The molecule has 116 valence electrons. The lowest BCUT2D eigenvalue weighted by molar-refractivity contribution is 0.446. The van der Waals surface area contributed by atoms with E-state index in [1.807, 2.05) is 38.1 Å². The fraction of sp³-hybridized carbons (Fsp3) is 0.167. The van der Waals surface area contributed by atoms with Crippen molar-refractivity contribution >= 4 is 16.7 Å². The van der Waals surface area contributed by atoms with E-state index in [-0.39, 0.29) is 18.0 Å². The average molecular weight is 307 g/mol. The summed E-state index contributed by atoms with van der Waals surface area (Å²) in [4.78, 5) is 4.54. The maximum absolute atomic E-state index is 9.73. The zero-order valence-corrected chi connectivity index (χ0v) is 13.0. The van der Waals surface area contributed by atoms with Crippen molar-refractivity contribution in [2.24, 2.45) is 10.2 Å². The number of fused-ring (bicyclic) bond motifs is 1. The minimum atomic E-state index is 0.00226. The van der Waals surface area contributed by atoms with Crippen LogP contribution in [0.25, 0.3) is 10.9 Å². The van der Waals surface area contributed by atoms with Gasteiger partial charge in [0, 0.05) is 17.0 Å². The standard InChI is InChI=1S/C18H17N3O2/c1-11-4-3-5-15-12(2)8-17(20-18(11)15)21-19-10-13-6-7-14(22)9-16(13)23/h3-9,22-23H,10H2,1-2H3. The highest BCUT2D eigenvalue weighted by atomic mass is 16.3. The van der Waals surface area contributed by atoms with Gasteiger partial charge < -0.3 is 10.2 Å². The number of hydrogen-bond donors (Lipinski definition) is 2. The third-order valence-electron chi connectivity index (χ3n) is 3.72. The number of aryl methyl sites for hydroxylation is 2. The summed E-state index contributed by atoms with van der Waals surface area (Å²) in [6, 6.07) is 12.4. The number of aromatic nitrogens is 1. The van der Waals surface area contributed by atoms with Gasteiger partial charge in [-0.25, -0.2) is 4.98 Å². The van der Waals surface area contributed by atoms with Gasteiger partial charge in [-0.05, 0) is 43.2 Å². The summed E-state index contributed by atoms with van der Waals surface area (Å²) in [5, 5.41) is 28.4. The van der Waals surface area contributed by atoms with Crippen LogP contribution in [0.2, 0.25) is 0 Å². The molecule has 0 unspecified atom stereocenters. The Hall–Kier alpha value is -2.95. The second-order valence-corrected chi connectivity index (χ2v) is 5.48. The summed E-state index contributed by atoms with van der Waals surface area (Å²) in [6.45, 7) is 4.26. The topological polar surface area (TPSA) is 78.1 Å². The summed E-state index contributed by atoms with van der Waals surface area (Å²) >= 11 is 0. The van der Waals surface area contributed by atoms with E-state index in [4.69, 9.17) is 0 Å². The molecule has 5 heteroatoms. The average Bonchev–Trinajstić information content (AvgIpc) is 2.51. The maximum Gasteiger partial charge on any atom is 0.174 e. The largest absolute Gasteiger partial charge is 0.508 e. The quantitative estimate of drug-likeness (QED) is 0.697. The first-order valence-corrected chi connectivity index (χ1v) is 7.30. The lowest BCUT2D eigenvalue weighted by Gasteiger charge is -2.05. The van der Waals surface area contributed by atoms with Crippen LogP contribution in [-0.4, -0.2) is 15.2 Å². The van der Waals surface area contributed by atoms with Gasteiger partial charge in [-0.1, -0.05) is 18.2 Å². The maximum atomic E-state index is 9.73. The zero-order valence-electron chi connectivity index (χ0n) is 13.0. The predicted molar refractivity (Wildman–Crippen MR) is 89.2 cm³/mol. The molecule has 0 spiro atoms. The molecule has 0 saturated carbocycles. The number of para-hydroxylation sites is 1. The summed E-state index contributed by atoms with van der Waals surface area (Å²) in [6.07, 6.45) is 0. The van der Waals surface area contributed by atoms with E-state index in [1.165, 1.54) is 12.1 Å². The van der Waals surface area contributed by atoms with Gasteiger partial charge in [0.05, 0.1) is 12.1 Å². The second-order valence-electron chi connectivity index (χ2n) is 5.48. The van der Waals surface area contributed by atoms with Gasteiger partial charge >= 0.3 is 0 Å². The molecule has 0 saturated heterocycles. The molecule has 0 aliphatic rings. The van der Waals surface area contributed by atoms with Crippen LogP contribution in [0.15, 0.2) is 52.7 Å². The van der Waals surface area contributed by atoms with E-state index in [1.54, 1.807) is 6.07 Å². The van der Waals surface area contributed by atoms with Gasteiger partial charge in [0.25, 0.3) is 0 Å². The van der Waals surface area contributed by atoms with Crippen LogP contribution in [0.3, 0.4) is 0 Å². The van der Waals surface area contributed by atoms with Gasteiger partial charge in [-0.15, -0.1) is 5.11 Å². The molecule has 1 aromatic heterocycles. The monoisotopic (exact) mass is 307 g/mol. The third kappa shape index (κ3) is 3.13. The van der Waals surface area contributed by atoms with Crippen LogP contribution in [0.4, 0.5) is 5.82 Å². The Morgan fingerprint density at radius 2 is 1.83 bits per heavy atom. The highest BCUT2D eigenvalue weighted by molar-refractivity contribution is 5.86. The van der Waals surface area contributed by atoms with Gasteiger partial charge in [-0.3, -0.25) is 0 Å². The molecule has 2 N–H and O–H groups in total. The Morgan fingerprint density at radius 1 is 1.00 bits per heavy atom. The first-order valence-electron chi connectivity index (χ1n) is 7.30. The second kappa shape index (κ2) is 6.04. The molecule has 0 radical (unpaired) electrons. The Kier molecular flexibility index (Phi) is 3.93. The molecule has 23 heavy (non-hydrogen) atoms. The number of benzene rings is 2. The minimum absolute atomic E-state index is 0.00226. The zero-order chi connectivity index (χ0) is 16.4. The van der Waals surface area contributed by atoms with Gasteiger partial charge in [0.2, 0.25) is 0 Å². The molecule has 0 fully saturated rings. The molecule has 0 amide bonds. The van der Waals surface area contributed by atoms with Crippen molar-refractivity contribution in [2.75, 3.05) is 0 Å². The molecular formula is C18H17N3O2. The van der Waals surface area contributed by atoms with Crippen LogP contribution >= 0.6 is 0 Å². The number of phenolic OH excluding ortho intramolecular Hbond substituents is 2. The molecule has 3 aromatic rings. The van der Waals surface area contributed by atoms with E-state index in [9.17, 15) is 10.2 Å². The predicted octanol–water partition coefficient (Wildman–Crippen LogP) is 4.55. The van der Waals surface area contributed by atoms with Crippen LogP contribution in [0, 0.1) is 13.8 Å². The summed E-state index contributed by atoms with van der Waals surface area (Å²) in [7, 11) is 0. The summed E-state index contributed by atoms with van der Waals surface area (Å²) in [5.74, 6) is 0.565. The van der Waals surface area contributed by atoms with E-state index in [2.05, 4.69) is 15.2 Å².